The van der Waals surface area contributed by atoms with Crippen LogP contribution in [-0.2, 0) is 22.7 Å². The first-order valence-corrected chi connectivity index (χ1v) is 10.7. The third kappa shape index (κ3) is 3.81. The summed E-state index contributed by atoms with van der Waals surface area (Å²) in [5, 5.41) is 8.98. The molecule has 0 radical (unpaired) electrons. The van der Waals surface area contributed by atoms with Crippen LogP contribution in [0, 0.1) is 5.92 Å². The van der Waals surface area contributed by atoms with Gasteiger partial charge in [0.2, 0.25) is 5.78 Å². The highest BCUT2D eigenvalue weighted by Crippen LogP contribution is 2.36. The third-order valence-corrected chi connectivity index (χ3v) is 6.01. The van der Waals surface area contributed by atoms with Crippen LogP contribution in [0.4, 0.5) is 0 Å². The SMILES string of the molecule is COc1ccc2oc(=O)c(C(=O)Cn3cc(CN4C(=O)C(=O)C5CC(Cl)=CC=C54)nn3)cc2c1. The molecule has 1 aromatic carbocycles. The first kappa shape index (κ1) is 21.8. The van der Waals surface area contributed by atoms with E-state index in [-0.39, 0.29) is 25.1 Å². The minimum atomic E-state index is -0.758. The molecule has 0 bridgehead atoms. The fourth-order valence-corrected chi connectivity index (χ4v) is 4.25. The summed E-state index contributed by atoms with van der Waals surface area (Å²) in [6, 6.07) is 6.35. The molecular formula is C23H17ClN4O6. The summed E-state index contributed by atoms with van der Waals surface area (Å²) in [6.07, 6.45) is 5.09. The van der Waals surface area contributed by atoms with Gasteiger partial charge in [0.1, 0.15) is 29.1 Å². The van der Waals surface area contributed by atoms with Crippen molar-refractivity contribution in [2.24, 2.45) is 5.92 Å². The predicted molar refractivity (Wildman–Crippen MR) is 119 cm³/mol. The van der Waals surface area contributed by atoms with Crippen molar-refractivity contribution in [2.45, 2.75) is 19.5 Å². The molecule has 1 atom stereocenters. The second-order valence-electron chi connectivity index (χ2n) is 7.90. The summed E-state index contributed by atoms with van der Waals surface area (Å²) in [5.74, 6) is -1.70. The van der Waals surface area contributed by atoms with Gasteiger partial charge in [0, 0.05) is 16.1 Å². The van der Waals surface area contributed by atoms with E-state index in [4.69, 9.17) is 20.8 Å². The van der Waals surface area contributed by atoms with Crippen LogP contribution in [0.15, 0.2) is 62.6 Å². The van der Waals surface area contributed by atoms with Crippen LogP contribution in [0.3, 0.4) is 0 Å². The summed E-state index contributed by atoms with van der Waals surface area (Å²) >= 11 is 6.01. The molecule has 5 rings (SSSR count). The lowest BCUT2D eigenvalue weighted by atomic mass is 9.96. The van der Waals surface area contributed by atoms with Gasteiger partial charge in [-0.25, -0.2) is 9.48 Å². The van der Waals surface area contributed by atoms with E-state index < -0.39 is 29.0 Å². The number of hydrogen-bond donors (Lipinski definition) is 0. The molecule has 1 fully saturated rings. The van der Waals surface area contributed by atoms with Gasteiger partial charge >= 0.3 is 5.63 Å². The fourth-order valence-electron chi connectivity index (χ4n) is 4.03. The van der Waals surface area contributed by atoms with Crippen molar-refractivity contribution in [2.75, 3.05) is 7.11 Å². The Labute approximate surface area is 197 Å². The lowest BCUT2D eigenvalue weighted by Crippen LogP contribution is -2.26. The highest BCUT2D eigenvalue weighted by molar-refractivity contribution is 6.41. The summed E-state index contributed by atoms with van der Waals surface area (Å²) in [7, 11) is 1.51. The molecule has 3 aromatic rings. The number of carbonyl (C=O) groups is 3. The van der Waals surface area contributed by atoms with Gasteiger partial charge in [-0.15, -0.1) is 5.10 Å². The highest BCUT2D eigenvalue weighted by atomic mass is 35.5. The standard InChI is InChI=1S/C23H17ClN4O6/c1-33-15-3-5-20-12(6-15)7-17(23(32)34-20)19(29)11-27-9-14(25-26-27)10-28-18-4-2-13(24)8-16(18)21(30)22(28)31/h2-7,9,16H,8,10-11H2,1H3. The Morgan fingerprint density at radius 2 is 2.06 bits per heavy atom. The second kappa shape index (κ2) is 8.38. The molecule has 172 valence electrons. The van der Waals surface area contributed by atoms with E-state index >= 15 is 0 Å². The first-order valence-electron chi connectivity index (χ1n) is 10.3. The highest BCUT2D eigenvalue weighted by Gasteiger charge is 2.44. The molecule has 3 heterocycles. The average Bonchev–Trinajstić information content (AvgIpc) is 3.36. The molecule has 1 aliphatic carbocycles. The van der Waals surface area contributed by atoms with E-state index in [0.29, 0.717) is 33.1 Å². The first-order chi connectivity index (χ1) is 16.3. The maximum absolute atomic E-state index is 12.8. The Hall–Kier alpha value is -4.05. The fraction of sp³-hybridized carbons (Fsp3) is 0.217. The number of fused-ring (bicyclic) bond motifs is 2. The molecule has 0 spiro atoms. The van der Waals surface area contributed by atoms with E-state index in [2.05, 4.69) is 10.3 Å². The number of ether oxygens (including phenoxy) is 1. The number of halogens is 1. The molecule has 1 aliphatic heterocycles. The number of amides is 1. The van der Waals surface area contributed by atoms with Crippen LogP contribution in [0.25, 0.3) is 11.0 Å². The number of hydrogen-bond acceptors (Lipinski definition) is 8. The maximum Gasteiger partial charge on any atom is 0.347 e. The number of allylic oxidation sites excluding steroid dienone is 4. The number of likely N-dealkylation sites (tertiary alicyclic amines) is 1. The van der Waals surface area contributed by atoms with E-state index in [1.54, 1.807) is 30.4 Å². The number of benzene rings is 1. The molecule has 11 heteroatoms. The van der Waals surface area contributed by atoms with Gasteiger partial charge in [-0.3, -0.25) is 14.4 Å². The summed E-state index contributed by atoms with van der Waals surface area (Å²) in [4.78, 5) is 51.2. The molecule has 1 amide bonds. The molecule has 1 unspecified atom stereocenters. The Morgan fingerprint density at radius 1 is 1.24 bits per heavy atom. The number of ketones is 2. The van der Waals surface area contributed by atoms with Crippen molar-refractivity contribution in [3.8, 4) is 5.75 Å². The van der Waals surface area contributed by atoms with Gasteiger partial charge in [0.15, 0.2) is 5.78 Å². The molecule has 34 heavy (non-hydrogen) atoms. The molecule has 10 nitrogen and oxygen atoms in total. The predicted octanol–water partition coefficient (Wildman–Crippen LogP) is 2.21. The van der Waals surface area contributed by atoms with Crippen LogP contribution < -0.4 is 10.4 Å². The van der Waals surface area contributed by atoms with E-state index in [0.717, 1.165) is 0 Å². The van der Waals surface area contributed by atoms with Crippen LogP contribution in [0.5, 0.6) is 5.75 Å². The van der Waals surface area contributed by atoms with E-state index in [1.165, 1.54) is 29.0 Å². The summed E-state index contributed by atoms with van der Waals surface area (Å²) < 4.78 is 11.7. The van der Waals surface area contributed by atoms with Gasteiger partial charge in [-0.1, -0.05) is 16.8 Å². The minimum Gasteiger partial charge on any atom is -0.497 e. The van der Waals surface area contributed by atoms with Crippen molar-refractivity contribution in [1.29, 1.82) is 0 Å². The quantitative estimate of drug-likeness (QED) is 0.299. The molecule has 2 aliphatic rings. The molecule has 0 N–H and O–H groups in total. The van der Waals surface area contributed by atoms with Crippen molar-refractivity contribution >= 4 is 40.0 Å². The van der Waals surface area contributed by atoms with E-state index in [9.17, 15) is 19.2 Å². The van der Waals surface area contributed by atoms with Crippen LogP contribution in [0.2, 0.25) is 0 Å². The van der Waals surface area contributed by atoms with Crippen LogP contribution in [0.1, 0.15) is 22.5 Å². The van der Waals surface area contributed by atoms with Gasteiger partial charge in [-0.05, 0) is 42.8 Å². The molecular weight excluding hydrogens is 464 g/mol. The van der Waals surface area contributed by atoms with Gasteiger partial charge in [-0.2, -0.15) is 0 Å². The number of aromatic nitrogens is 3. The molecule has 1 saturated heterocycles. The summed E-state index contributed by atoms with van der Waals surface area (Å²) in [5.41, 5.74) is 0.394. The normalized spacial score (nSPS) is 17.6. The molecule has 0 saturated carbocycles. The third-order valence-electron chi connectivity index (χ3n) is 5.73. The Bertz CT molecular complexity index is 1480. The number of methoxy groups -OCH3 is 1. The minimum absolute atomic E-state index is 0.0183. The van der Waals surface area contributed by atoms with E-state index in [1.807, 2.05) is 0 Å². The van der Waals surface area contributed by atoms with Crippen LogP contribution >= 0.6 is 11.6 Å². The van der Waals surface area contributed by atoms with Gasteiger partial charge in [0.05, 0.1) is 25.8 Å². The Morgan fingerprint density at radius 3 is 2.85 bits per heavy atom. The zero-order valence-electron chi connectivity index (χ0n) is 17.9. The molecule has 2 aromatic heterocycles. The largest absolute Gasteiger partial charge is 0.497 e. The van der Waals surface area contributed by atoms with Crippen molar-refractivity contribution < 1.29 is 23.5 Å². The average molecular weight is 481 g/mol. The van der Waals surface area contributed by atoms with Crippen molar-refractivity contribution in [3.63, 3.8) is 0 Å². The smallest absolute Gasteiger partial charge is 0.347 e. The number of carbonyl (C=O) groups excluding carboxylic acids is 3. The lowest BCUT2D eigenvalue weighted by Gasteiger charge is -2.20. The van der Waals surface area contributed by atoms with Gasteiger partial charge in [0.25, 0.3) is 5.91 Å². The second-order valence-corrected chi connectivity index (χ2v) is 8.38. The van der Waals surface area contributed by atoms with Crippen LogP contribution in [-0.4, -0.2) is 44.5 Å². The van der Waals surface area contributed by atoms with Gasteiger partial charge < -0.3 is 14.1 Å². The van der Waals surface area contributed by atoms with Crippen molar-refractivity contribution in [1.82, 2.24) is 19.9 Å². The zero-order chi connectivity index (χ0) is 24.0. The summed E-state index contributed by atoms with van der Waals surface area (Å²) in [6.45, 7) is -0.242. The zero-order valence-corrected chi connectivity index (χ0v) is 18.6. The maximum atomic E-state index is 12.8. The lowest BCUT2D eigenvalue weighted by molar-refractivity contribution is -0.140. The Kier molecular flexibility index (Phi) is 5.37. The van der Waals surface area contributed by atoms with Crippen molar-refractivity contribution in [3.05, 3.63) is 75.0 Å². The number of Topliss-reactive ketones (excluding diaryl/α,β-unsaturated/α-hetero) is 2. The number of nitrogens with zero attached hydrogens (tertiary/aromatic N) is 4. The Balaban J connectivity index is 1.34. The topological polar surface area (TPSA) is 125 Å². The number of rotatable bonds is 6. The monoisotopic (exact) mass is 480 g/mol.